The summed E-state index contributed by atoms with van der Waals surface area (Å²) in [6, 6.07) is 11.6. The Balaban J connectivity index is 2.01. The van der Waals surface area contributed by atoms with E-state index in [9.17, 15) is 14.9 Å². The fourth-order valence-corrected chi connectivity index (χ4v) is 3.54. The Labute approximate surface area is 179 Å². The molecule has 7 nitrogen and oxygen atoms in total. The molecule has 156 valence electrons. The number of carbonyl (C=O) groups is 1. The van der Waals surface area contributed by atoms with Gasteiger partial charge in [0, 0.05) is 31.2 Å². The number of aromatic amines is 1. The van der Waals surface area contributed by atoms with Crippen LogP contribution >= 0.6 is 11.6 Å². The van der Waals surface area contributed by atoms with Crippen LogP contribution in [-0.4, -0.2) is 22.6 Å². The Morgan fingerprint density at radius 1 is 1.23 bits per heavy atom. The Morgan fingerprint density at radius 2 is 2.00 bits per heavy atom. The van der Waals surface area contributed by atoms with Crippen molar-refractivity contribution in [1.29, 1.82) is 0 Å². The molecule has 0 saturated carbocycles. The molecule has 0 aliphatic carbocycles. The third-order valence-corrected chi connectivity index (χ3v) is 5.19. The average molecular weight is 429 g/mol. The first-order valence-corrected chi connectivity index (χ1v) is 10.0. The molecule has 0 fully saturated rings. The Kier molecular flexibility index (Phi) is 6.52. The van der Waals surface area contributed by atoms with Crippen molar-refractivity contribution in [3.8, 4) is 16.8 Å². The lowest BCUT2D eigenvalue weighted by atomic mass is 10.0. The second kappa shape index (κ2) is 9.09. The van der Waals surface area contributed by atoms with E-state index in [-0.39, 0.29) is 5.69 Å². The second-order valence-corrected chi connectivity index (χ2v) is 7.40. The lowest BCUT2D eigenvalue weighted by molar-refractivity contribution is -0.661. The SMILES string of the molecule is CCCCOC(=O)c1cc(-[n+]2[nH]c(C)c(-c3cccc([N+](=O)[O-])c3)c2C)ccc1Cl. The second-order valence-electron chi connectivity index (χ2n) is 6.99. The molecule has 1 heterocycles. The van der Waals surface area contributed by atoms with E-state index >= 15 is 0 Å². The van der Waals surface area contributed by atoms with Crippen molar-refractivity contribution < 1.29 is 19.1 Å². The van der Waals surface area contributed by atoms with E-state index in [1.807, 2.05) is 31.5 Å². The largest absolute Gasteiger partial charge is 0.462 e. The summed E-state index contributed by atoms with van der Waals surface area (Å²) in [6.07, 6.45) is 1.72. The van der Waals surface area contributed by atoms with E-state index in [4.69, 9.17) is 16.3 Å². The van der Waals surface area contributed by atoms with Gasteiger partial charge in [-0.15, -0.1) is 0 Å². The van der Waals surface area contributed by atoms with E-state index < -0.39 is 10.9 Å². The maximum atomic E-state index is 12.4. The number of aryl methyl sites for hydroxylation is 1. The van der Waals surface area contributed by atoms with Gasteiger partial charge in [0.05, 0.1) is 33.4 Å². The normalized spacial score (nSPS) is 10.8. The predicted molar refractivity (Wildman–Crippen MR) is 114 cm³/mol. The van der Waals surface area contributed by atoms with Crippen LogP contribution in [0.3, 0.4) is 0 Å². The molecule has 0 saturated heterocycles. The summed E-state index contributed by atoms with van der Waals surface area (Å²) in [5.41, 5.74) is 4.32. The third kappa shape index (κ3) is 4.36. The van der Waals surface area contributed by atoms with Gasteiger partial charge in [0.25, 0.3) is 5.69 Å². The maximum absolute atomic E-state index is 12.4. The molecule has 0 bridgehead atoms. The number of unbranched alkanes of at least 4 members (excludes halogenated alkanes) is 1. The fraction of sp³-hybridized carbons (Fsp3) is 0.273. The smallest absolute Gasteiger partial charge is 0.339 e. The third-order valence-electron chi connectivity index (χ3n) is 4.86. The summed E-state index contributed by atoms with van der Waals surface area (Å²) < 4.78 is 7.12. The first-order chi connectivity index (χ1) is 14.3. The van der Waals surface area contributed by atoms with Crippen molar-refractivity contribution in [3.63, 3.8) is 0 Å². The molecule has 0 radical (unpaired) electrons. The minimum atomic E-state index is -0.462. The number of rotatable bonds is 7. The number of H-pyrrole nitrogens is 1. The monoisotopic (exact) mass is 428 g/mol. The summed E-state index contributed by atoms with van der Waals surface area (Å²) in [5.74, 6) is -0.462. The lowest BCUT2D eigenvalue weighted by Gasteiger charge is -2.06. The van der Waals surface area contributed by atoms with Crippen molar-refractivity contribution in [2.24, 2.45) is 0 Å². The summed E-state index contributed by atoms with van der Waals surface area (Å²) in [6.45, 7) is 6.17. The zero-order valence-electron chi connectivity index (χ0n) is 17.1. The standard InChI is InChI=1S/C22H22ClN3O4/c1-4-5-11-30-22(27)19-13-17(9-10-20(19)23)25-15(3)21(14(2)24-25)16-7-6-8-18(12-16)26(28)29/h6-10,12-13H,4-5,11H2,1-3H3/p+1. The molecule has 0 amide bonds. The highest BCUT2D eigenvalue weighted by Gasteiger charge is 2.25. The first kappa shape index (κ1) is 21.5. The molecule has 8 heteroatoms. The van der Waals surface area contributed by atoms with Crippen LogP contribution in [0.2, 0.25) is 5.02 Å². The molecule has 3 rings (SSSR count). The van der Waals surface area contributed by atoms with Crippen LogP contribution in [0.4, 0.5) is 5.69 Å². The molecule has 0 aliphatic heterocycles. The van der Waals surface area contributed by atoms with Crippen molar-refractivity contribution >= 4 is 23.3 Å². The number of benzene rings is 2. The van der Waals surface area contributed by atoms with Crippen molar-refractivity contribution in [1.82, 2.24) is 5.10 Å². The molecule has 0 spiro atoms. The lowest BCUT2D eigenvalue weighted by Crippen LogP contribution is -2.35. The molecular weight excluding hydrogens is 406 g/mol. The van der Waals surface area contributed by atoms with E-state index in [1.54, 1.807) is 30.3 Å². The van der Waals surface area contributed by atoms with Crippen LogP contribution < -0.4 is 4.68 Å². The first-order valence-electron chi connectivity index (χ1n) is 9.66. The highest BCUT2D eigenvalue weighted by atomic mass is 35.5. The molecule has 0 aliphatic rings. The van der Waals surface area contributed by atoms with Crippen molar-refractivity contribution in [2.45, 2.75) is 33.6 Å². The topological polar surface area (TPSA) is 89.1 Å². The number of nitro groups is 1. The quantitative estimate of drug-likeness (QED) is 0.186. The van der Waals surface area contributed by atoms with Gasteiger partial charge in [-0.1, -0.05) is 41.8 Å². The summed E-state index contributed by atoms with van der Waals surface area (Å²) in [4.78, 5) is 23.1. The minimum Gasteiger partial charge on any atom is -0.462 e. The van der Waals surface area contributed by atoms with Gasteiger partial charge in [0.2, 0.25) is 11.4 Å². The molecule has 0 atom stereocenters. The number of nitrogens with zero attached hydrogens (tertiary/aromatic N) is 2. The zero-order chi connectivity index (χ0) is 21.8. The van der Waals surface area contributed by atoms with Crippen LogP contribution in [0.25, 0.3) is 16.8 Å². The molecule has 30 heavy (non-hydrogen) atoms. The van der Waals surface area contributed by atoms with Gasteiger partial charge in [-0.05, 0) is 25.0 Å². The number of esters is 1. The highest BCUT2D eigenvalue weighted by molar-refractivity contribution is 6.33. The van der Waals surface area contributed by atoms with Gasteiger partial charge in [-0.3, -0.25) is 10.1 Å². The number of aromatic nitrogens is 2. The van der Waals surface area contributed by atoms with Crippen LogP contribution in [-0.2, 0) is 4.74 Å². The number of ether oxygens (including phenoxy) is 1. The summed E-state index contributed by atoms with van der Waals surface area (Å²) >= 11 is 6.23. The maximum Gasteiger partial charge on any atom is 0.339 e. The number of non-ortho nitro benzene ring substituents is 1. The molecule has 2 aromatic carbocycles. The fourth-order valence-electron chi connectivity index (χ4n) is 3.34. The van der Waals surface area contributed by atoms with E-state index in [2.05, 4.69) is 5.10 Å². The predicted octanol–water partition coefficient (Wildman–Crippen LogP) is 5.09. The van der Waals surface area contributed by atoms with Gasteiger partial charge in [0.1, 0.15) is 0 Å². The average Bonchev–Trinajstić information content (AvgIpc) is 3.02. The Hall–Kier alpha value is -3.19. The van der Waals surface area contributed by atoms with Gasteiger partial charge < -0.3 is 4.74 Å². The number of nitrogens with one attached hydrogen (secondary N) is 1. The summed E-state index contributed by atoms with van der Waals surface area (Å²) in [5, 5.41) is 14.7. The van der Waals surface area contributed by atoms with E-state index in [1.165, 1.54) is 6.07 Å². The highest BCUT2D eigenvalue weighted by Crippen LogP contribution is 2.28. The number of nitro benzene ring substituents is 1. The van der Waals surface area contributed by atoms with Gasteiger partial charge in [-0.2, -0.15) is 5.10 Å². The van der Waals surface area contributed by atoms with Crippen molar-refractivity contribution in [2.75, 3.05) is 6.61 Å². The minimum absolute atomic E-state index is 0.0302. The van der Waals surface area contributed by atoms with E-state index in [0.717, 1.165) is 35.4 Å². The Morgan fingerprint density at radius 3 is 2.70 bits per heavy atom. The van der Waals surface area contributed by atoms with Crippen LogP contribution in [0.5, 0.6) is 0 Å². The molecular formula is C22H23ClN3O4+. The molecule has 1 N–H and O–H groups in total. The number of halogens is 1. The number of hydrogen-bond donors (Lipinski definition) is 1. The van der Waals surface area contributed by atoms with Crippen LogP contribution in [0.15, 0.2) is 42.5 Å². The molecule has 0 unspecified atom stereocenters. The molecule has 3 aromatic rings. The zero-order valence-corrected chi connectivity index (χ0v) is 17.8. The van der Waals surface area contributed by atoms with Gasteiger partial charge in [0.15, 0.2) is 0 Å². The van der Waals surface area contributed by atoms with E-state index in [0.29, 0.717) is 22.9 Å². The number of hydrogen-bond acceptors (Lipinski definition) is 4. The Bertz CT molecular complexity index is 1110. The van der Waals surface area contributed by atoms with Crippen molar-refractivity contribution in [3.05, 3.63) is 74.6 Å². The van der Waals surface area contributed by atoms with Gasteiger partial charge >= 0.3 is 5.97 Å². The van der Waals surface area contributed by atoms with Gasteiger partial charge in [-0.25, -0.2) is 4.79 Å². The van der Waals surface area contributed by atoms with Crippen LogP contribution in [0, 0.1) is 24.0 Å². The summed E-state index contributed by atoms with van der Waals surface area (Å²) in [7, 11) is 0. The number of carbonyl (C=O) groups excluding carboxylic acids is 1. The van der Waals surface area contributed by atoms with Crippen LogP contribution in [0.1, 0.15) is 41.5 Å². The molecule has 1 aromatic heterocycles.